The van der Waals surface area contributed by atoms with E-state index in [0.29, 0.717) is 5.92 Å². The Kier molecular flexibility index (Phi) is 5.01. The molecular formula is C10H22N4O. The lowest BCUT2D eigenvalue weighted by atomic mass is 9.97. The van der Waals surface area contributed by atoms with Crippen LogP contribution in [-0.2, 0) is 4.79 Å². The zero-order valence-corrected chi connectivity index (χ0v) is 9.62. The van der Waals surface area contributed by atoms with Crippen molar-refractivity contribution in [1.82, 2.24) is 15.6 Å². The highest BCUT2D eigenvalue weighted by Crippen LogP contribution is 2.17. The van der Waals surface area contributed by atoms with Crippen molar-refractivity contribution < 1.29 is 4.79 Å². The fraction of sp³-hybridized carbons (Fsp3) is 0.900. The smallest absolute Gasteiger partial charge is 0.250 e. The Balaban J connectivity index is 2.44. The Labute approximate surface area is 91.3 Å². The number of hydrazine groups is 1. The van der Waals surface area contributed by atoms with Crippen LogP contribution < -0.4 is 16.6 Å². The topological polar surface area (TPSA) is 70.4 Å². The van der Waals surface area contributed by atoms with E-state index >= 15 is 0 Å². The van der Waals surface area contributed by atoms with Crippen molar-refractivity contribution in [2.24, 2.45) is 11.8 Å². The molecule has 0 bridgehead atoms. The predicted molar refractivity (Wildman–Crippen MR) is 60.0 cm³/mol. The van der Waals surface area contributed by atoms with E-state index < -0.39 is 0 Å². The summed E-state index contributed by atoms with van der Waals surface area (Å²) < 4.78 is 0. The number of hydrogen-bond acceptors (Lipinski definition) is 4. The van der Waals surface area contributed by atoms with Crippen molar-refractivity contribution in [2.75, 3.05) is 26.7 Å². The maximum atomic E-state index is 11.4. The molecule has 1 aliphatic heterocycles. The van der Waals surface area contributed by atoms with Crippen LogP contribution in [0.15, 0.2) is 0 Å². The van der Waals surface area contributed by atoms with Gasteiger partial charge in [-0.15, -0.1) is 0 Å². The summed E-state index contributed by atoms with van der Waals surface area (Å²) in [6, 6.07) is -0.116. The lowest BCUT2D eigenvalue weighted by Crippen LogP contribution is -2.51. The van der Waals surface area contributed by atoms with Gasteiger partial charge in [0.05, 0.1) is 6.04 Å². The number of nitrogens with one attached hydrogen (secondary N) is 2. The van der Waals surface area contributed by atoms with Gasteiger partial charge in [-0.05, 0) is 45.8 Å². The molecule has 0 aromatic rings. The number of hydrogen-bond donors (Lipinski definition) is 3. The first kappa shape index (κ1) is 12.4. The van der Waals surface area contributed by atoms with Gasteiger partial charge in [0, 0.05) is 6.54 Å². The number of rotatable bonds is 4. The van der Waals surface area contributed by atoms with Crippen molar-refractivity contribution >= 4 is 5.91 Å². The van der Waals surface area contributed by atoms with Crippen molar-refractivity contribution in [2.45, 2.75) is 25.8 Å². The molecule has 1 rings (SSSR count). The molecule has 88 valence electrons. The molecule has 0 aromatic carbocycles. The molecule has 1 heterocycles. The molecule has 5 heteroatoms. The first-order chi connectivity index (χ1) is 7.19. The van der Waals surface area contributed by atoms with Crippen LogP contribution in [0.4, 0.5) is 0 Å². The molecular weight excluding hydrogens is 192 g/mol. The van der Waals surface area contributed by atoms with Gasteiger partial charge in [0.15, 0.2) is 0 Å². The van der Waals surface area contributed by atoms with Crippen molar-refractivity contribution in [1.29, 1.82) is 0 Å². The lowest BCUT2D eigenvalue weighted by Gasteiger charge is -2.35. The van der Waals surface area contributed by atoms with Gasteiger partial charge >= 0.3 is 0 Å². The third-order valence-electron chi connectivity index (χ3n) is 3.11. The maximum Gasteiger partial charge on any atom is 0.250 e. The number of piperidine rings is 1. The van der Waals surface area contributed by atoms with Gasteiger partial charge in [0.2, 0.25) is 0 Å². The number of nitrogens with zero attached hydrogens (tertiary/aromatic N) is 1. The average molecular weight is 214 g/mol. The third kappa shape index (κ3) is 3.44. The SMILES string of the molecule is CNCC1CCCN(C(C)C(=O)NN)C1. The second-order valence-electron chi connectivity index (χ2n) is 4.25. The van der Waals surface area contributed by atoms with Gasteiger partial charge in [-0.3, -0.25) is 15.1 Å². The quantitative estimate of drug-likeness (QED) is 0.329. The number of carbonyl (C=O) groups is 1. The van der Waals surface area contributed by atoms with E-state index in [2.05, 4.69) is 15.6 Å². The number of likely N-dealkylation sites (tertiary alicyclic amines) is 1. The van der Waals surface area contributed by atoms with Crippen LogP contribution in [0, 0.1) is 5.92 Å². The molecule has 2 atom stereocenters. The third-order valence-corrected chi connectivity index (χ3v) is 3.11. The highest BCUT2D eigenvalue weighted by Gasteiger charge is 2.26. The summed E-state index contributed by atoms with van der Waals surface area (Å²) in [5, 5.41) is 3.19. The van der Waals surface area contributed by atoms with Crippen molar-refractivity contribution in [3.63, 3.8) is 0 Å². The summed E-state index contributed by atoms with van der Waals surface area (Å²) in [7, 11) is 1.97. The second kappa shape index (κ2) is 6.05. The average Bonchev–Trinajstić information content (AvgIpc) is 2.28. The van der Waals surface area contributed by atoms with E-state index in [9.17, 15) is 4.79 Å². The normalized spacial score (nSPS) is 24.9. The Morgan fingerprint density at radius 1 is 1.67 bits per heavy atom. The first-order valence-corrected chi connectivity index (χ1v) is 5.58. The Hall–Kier alpha value is -0.650. The molecule has 0 saturated carbocycles. The van der Waals surface area contributed by atoms with E-state index in [-0.39, 0.29) is 11.9 Å². The number of nitrogens with two attached hydrogens (primary N) is 1. The molecule has 2 unspecified atom stereocenters. The molecule has 5 nitrogen and oxygen atoms in total. The molecule has 0 spiro atoms. The summed E-state index contributed by atoms with van der Waals surface area (Å²) in [5.41, 5.74) is 2.21. The fourth-order valence-corrected chi connectivity index (χ4v) is 2.19. The molecule has 0 aromatic heterocycles. The molecule has 1 saturated heterocycles. The van der Waals surface area contributed by atoms with E-state index in [1.165, 1.54) is 6.42 Å². The monoisotopic (exact) mass is 214 g/mol. The summed E-state index contributed by atoms with van der Waals surface area (Å²) in [6.07, 6.45) is 2.41. The van der Waals surface area contributed by atoms with Crippen molar-refractivity contribution in [3.8, 4) is 0 Å². The molecule has 15 heavy (non-hydrogen) atoms. The minimum Gasteiger partial charge on any atom is -0.319 e. The molecule has 0 aliphatic carbocycles. The second-order valence-corrected chi connectivity index (χ2v) is 4.25. The van der Waals surface area contributed by atoms with Gasteiger partial charge in [0.25, 0.3) is 5.91 Å². The predicted octanol–water partition coefficient (Wildman–Crippen LogP) is -0.704. The largest absolute Gasteiger partial charge is 0.319 e. The fourth-order valence-electron chi connectivity index (χ4n) is 2.19. The van der Waals surface area contributed by atoms with Gasteiger partial charge in [-0.25, -0.2) is 5.84 Å². The van der Waals surface area contributed by atoms with E-state index in [4.69, 9.17) is 5.84 Å². The van der Waals surface area contributed by atoms with E-state index in [0.717, 1.165) is 26.1 Å². The van der Waals surface area contributed by atoms with E-state index in [1.54, 1.807) is 0 Å². The molecule has 1 fully saturated rings. The van der Waals surface area contributed by atoms with Gasteiger partial charge in [-0.2, -0.15) is 0 Å². The summed E-state index contributed by atoms with van der Waals surface area (Å²) in [4.78, 5) is 13.6. The first-order valence-electron chi connectivity index (χ1n) is 5.58. The summed E-state index contributed by atoms with van der Waals surface area (Å²) in [5.74, 6) is 5.69. The number of carbonyl (C=O) groups excluding carboxylic acids is 1. The minimum absolute atomic E-state index is 0.0971. The van der Waals surface area contributed by atoms with E-state index in [1.807, 2.05) is 14.0 Å². The Morgan fingerprint density at radius 3 is 3.00 bits per heavy atom. The maximum absolute atomic E-state index is 11.4. The highest BCUT2D eigenvalue weighted by molar-refractivity contribution is 5.80. The van der Waals surface area contributed by atoms with Crippen molar-refractivity contribution in [3.05, 3.63) is 0 Å². The van der Waals surface area contributed by atoms with Crippen LogP contribution in [-0.4, -0.2) is 43.5 Å². The van der Waals surface area contributed by atoms with Crippen LogP contribution in [0.2, 0.25) is 0 Å². The Bertz CT molecular complexity index is 208. The molecule has 1 amide bonds. The van der Waals surface area contributed by atoms with Crippen LogP contribution in [0.25, 0.3) is 0 Å². The molecule has 1 aliphatic rings. The summed E-state index contributed by atoms with van der Waals surface area (Å²) >= 11 is 0. The molecule has 0 radical (unpaired) electrons. The summed E-state index contributed by atoms with van der Waals surface area (Å²) in [6.45, 7) is 4.90. The lowest BCUT2D eigenvalue weighted by molar-refractivity contribution is -0.126. The van der Waals surface area contributed by atoms with Crippen LogP contribution in [0.1, 0.15) is 19.8 Å². The van der Waals surface area contributed by atoms with Crippen LogP contribution in [0.5, 0.6) is 0 Å². The van der Waals surface area contributed by atoms with Gasteiger partial charge in [0.1, 0.15) is 0 Å². The van der Waals surface area contributed by atoms with Gasteiger partial charge in [-0.1, -0.05) is 0 Å². The minimum atomic E-state index is -0.116. The highest BCUT2D eigenvalue weighted by atomic mass is 16.2. The standard InChI is InChI=1S/C10H22N4O/c1-8(10(15)13-11)14-5-3-4-9(7-14)6-12-2/h8-9,12H,3-7,11H2,1-2H3,(H,13,15). The number of amides is 1. The van der Waals surface area contributed by atoms with Crippen LogP contribution in [0.3, 0.4) is 0 Å². The van der Waals surface area contributed by atoms with Crippen LogP contribution >= 0.6 is 0 Å². The zero-order valence-electron chi connectivity index (χ0n) is 9.62. The van der Waals surface area contributed by atoms with Gasteiger partial charge < -0.3 is 5.32 Å². The Morgan fingerprint density at radius 2 is 2.40 bits per heavy atom. The zero-order chi connectivity index (χ0) is 11.3. The molecule has 4 N–H and O–H groups in total.